The van der Waals surface area contributed by atoms with Gasteiger partial charge in [0.2, 0.25) is 5.95 Å². The van der Waals surface area contributed by atoms with Crippen LogP contribution in [0, 0.1) is 5.95 Å². The number of hydrogen-bond acceptors (Lipinski definition) is 8. The first kappa shape index (κ1) is 29.0. The first-order chi connectivity index (χ1) is 20.8. The molecule has 5 aromatic rings. The molecule has 0 amide bonds. The number of ether oxygens (including phenoxy) is 3. The molecule has 220 valence electrons. The fourth-order valence-electron chi connectivity index (χ4n) is 4.35. The van der Waals surface area contributed by atoms with Crippen molar-refractivity contribution >= 4 is 23.4 Å². The summed E-state index contributed by atoms with van der Waals surface area (Å²) < 4.78 is 32.9. The zero-order valence-electron chi connectivity index (χ0n) is 23.0. The lowest BCUT2D eigenvalue weighted by molar-refractivity contribution is 0.0650. The molecule has 0 bridgehead atoms. The van der Waals surface area contributed by atoms with E-state index in [1.165, 1.54) is 12.1 Å². The third kappa shape index (κ3) is 6.88. The van der Waals surface area contributed by atoms with Crippen molar-refractivity contribution in [3.63, 3.8) is 0 Å². The van der Waals surface area contributed by atoms with E-state index < -0.39 is 17.9 Å². The van der Waals surface area contributed by atoms with Crippen LogP contribution < -0.4 is 14.8 Å². The maximum absolute atomic E-state index is 14.9. The van der Waals surface area contributed by atoms with Gasteiger partial charge in [0.05, 0.1) is 43.3 Å². The molecule has 0 aliphatic carbocycles. The van der Waals surface area contributed by atoms with Crippen LogP contribution in [0.25, 0.3) is 28.0 Å². The largest absolute Gasteiger partial charge is 0.495 e. The SMILES string of the molecule is COc1ccc2nc(-c3ccc(-c4ccc(NCCOCCOc5ccc(C(=O)O)c(C(=O)O)c5)nc4F)cc3)cn2c1. The monoisotopic (exact) mass is 586 g/mol. The van der Waals surface area contributed by atoms with Crippen molar-refractivity contribution in [2.75, 3.05) is 38.8 Å². The Morgan fingerprint density at radius 2 is 1.58 bits per heavy atom. The molecule has 5 rings (SSSR count). The predicted octanol–water partition coefficient (Wildman–Crippen LogP) is 5.11. The maximum atomic E-state index is 14.9. The second-order valence-corrected chi connectivity index (χ2v) is 9.28. The minimum atomic E-state index is -1.36. The number of benzene rings is 2. The summed E-state index contributed by atoms with van der Waals surface area (Å²) in [6, 6.07) is 18.2. The summed E-state index contributed by atoms with van der Waals surface area (Å²) in [5.74, 6) is -2.00. The second-order valence-electron chi connectivity index (χ2n) is 9.28. The molecule has 0 saturated heterocycles. The Balaban J connectivity index is 1.09. The molecule has 3 aromatic heterocycles. The van der Waals surface area contributed by atoms with Crippen LogP contribution >= 0.6 is 0 Å². The normalized spacial score (nSPS) is 10.9. The highest BCUT2D eigenvalue weighted by molar-refractivity contribution is 6.02. The van der Waals surface area contributed by atoms with Gasteiger partial charge in [0.15, 0.2) is 0 Å². The fourth-order valence-corrected chi connectivity index (χ4v) is 4.35. The number of pyridine rings is 2. The van der Waals surface area contributed by atoms with Crippen LogP contribution in [0.2, 0.25) is 0 Å². The number of nitrogens with zero attached hydrogens (tertiary/aromatic N) is 3. The molecule has 0 aliphatic rings. The van der Waals surface area contributed by atoms with Crippen molar-refractivity contribution in [3.8, 4) is 33.9 Å². The molecule has 0 atom stereocenters. The molecule has 0 radical (unpaired) electrons. The molecule has 0 fully saturated rings. The molecule has 0 aliphatic heterocycles. The van der Waals surface area contributed by atoms with Gasteiger partial charge in [-0.05, 0) is 48.0 Å². The number of methoxy groups -OCH3 is 1. The third-order valence-electron chi connectivity index (χ3n) is 6.50. The number of rotatable bonds is 13. The molecule has 12 heteroatoms. The summed E-state index contributed by atoms with van der Waals surface area (Å²) in [4.78, 5) is 31.1. The van der Waals surface area contributed by atoms with Gasteiger partial charge in [-0.25, -0.2) is 19.6 Å². The van der Waals surface area contributed by atoms with E-state index in [4.69, 9.17) is 19.3 Å². The van der Waals surface area contributed by atoms with Gasteiger partial charge in [-0.2, -0.15) is 4.39 Å². The number of aromatic carboxylic acids is 2. The molecule has 11 nitrogen and oxygen atoms in total. The molecule has 0 spiro atoms. The minimum Gasteiger partial charge on any atom is -0.495 e. The van der Waals surface area contributed by atoms with Crippen molar-refractivity contribution < 1.29 is 38.4 Å². The lowest BCUT2D eigenvalue weighted by Crippen LogP contribution is -2.14. The van der Waals surface area contributed by atoms with E-state index in [9.17, 15) is 19.1 Å². The standard InChI is InChI=1S/C31H27FN4O7/c1-41-22-7-11-28-34-26(18-36(28)17-22)20-4-2-19(3-5-20)23-9-10-27(35-29(23)32)33-12-13-42-14-15-43-21-6-8-24(30(37)38)25(16-21)31(39)40/h2-11,16-18H,12-15H2,1H3,(H,33,35)(H,37,38)(H,39,40). The average Bonchev–Trinajstić information content (AvgIpc) is 3.44. The van der Waals surface area contributed by atoms with Crippen LogP contribution in [0.15, 0.2) is 79.1 Å². The predicted molar refractivity (Wildman–Crippen MR) is 156 cm³/mol. The topological polar surface area (TPSA) is 145 Å². The number of nitrogens with one attached hydrogen (secondary N) is 1. The number of imidazole rings is 1. The molecular formula is C31H27FN4O7. The van der Waals surface area contributed by atoms with Crippen LogP contribution in [-0.4, -0.2) is 70.0 Å². The van der Waals surface area contributed by atoms with Gasteiger partial charge in [-0.1, -0.05) is 24.3 Å². The summed E-state index contributed by atoms with van der Waals surface area (Å²) in [5.41, 5.74) is 2.84. The van der Waals surface area contributed by atoms with Crippen LogP contribution in [0.3, 0.4) is 0 Å². The second kappa shape index (κ2) is 13.0. The van der Waals surface area contributed by atoms with Gasteiger partial charge in [-0.15, -0.1) is 0 Å². The van der Waals surface area contributed by atoms with E-state index in [2.05, 4.69) is 15.3 Å². The Labute approximate surface area is 245 Å². The van der Waals surface area contributed by atoms with Gasteiger partial charge >= 0.3 is 11.9 Å². The molecule has 2 aromatic carbocycles. The van der Waals surface area contributed by atoms with E-state index in [-0.39, 0.29) is 36.7 Å². The van der Waals surface area contributed by atoms with Gasteiger partial charge in [-0.3, -0.25) is 0 Å². The highest BCUT2D eigenvalue weighted by Crippen LogP contribution is 2.27. The van der Waals surface area contributed by atoms with Crippen LogP contribution in [-0.2, 0) is 4.74 Å². The highest BCUT2D eigenvalue weighted by atomic mass is 19.1. The number of halogens is 1. The van der Waals surface area contributed by atoms with E-state index in [0.717, 1.165) is 28.7 Å². The summed E-state index contributed by atoms with van der Waals surface area (Å²) in [6.45, 7) is 0.967. The number of carbonyl (C=O) groups is 2. The summed E-state index contributed by atoms with van der Waals surface area (Å²) >= 11 is 0. The molecule has 0 saturated carbocycles. The fraction of sp³-hybridized carbons (Fsp3) is 0.161. The number of aromatic nitrogens is 3. The Bertz CT molecular complexity index is 1770. The first-order valence-electron chi connectivity index (χ1n) is 13.2. The summed E-state index contributed by atoms with van der Waals surface area (Å²) in [6.07, 6.45) is 3.76. The number of anilines is 1. The lowest BCUT2D eigenvalue weighted by atomic mass is 10.0. The Morgan fingerprint density at radius 1 is 0.837 bits per heavy atom. The lowest BCUT2D eigenvalue weighted by Gasteiger charge is -2.10. The average molecular weight is 587 g/mol. The van der Waals surface area contributed by atoms with E-state index in [1.54, 1.807) is 19.2 Å². The van der Waals surface area contributed by atoms with Crippen molar-refractivity contribution in [1.29, 1.82) is 0 Å². The van der Waals surface area contributed by atoms with Crippen molar-refractivity contribution in [1.82, 2.24) is 14.4 Å². The number of carboxylic acids is 2. The Morgan fingerprint density at radius 3 is 2.30 bits per heavy atom. The Hall–Kier alpha value is -5.49. The third-order valence-corrected chi connectivity index (χ3v) is 6.50. The zero-order valence-corrected chi connectivity index (χ0v) is 23.0. The van der Waals surface area contributed by atoms with Crippen molar-refractivity contribution in [2.45, 2.75) is 0 Å². The number of fused-ring (bicyclic) bond motifs is 1. The van der Waals surface area contributed by atoms with E-state index in [0.29, 0.717) is 23.5 Å². The van der Waals surface area contributed by atoms with Gasteiger partial charge < -0.3 is 34.1 Å². The number of carboxylic acid groups (broad SMARTS) is 2. The molecule has 3 heterocycles. The summed E-state index contributed by atoms with van der Waals surface area (Å²) in [5, 5.41) is 21.3. The maximum Gasteiger partial charge on any atom is 0.336 e. The van der Waals surface area contributed by atoms with Crippen LogP contribution in [0.1, 0.15) is 20.7 Å². The molecule has 43 heavy (non-hydrogen) atoms. The minimum absolute atomic E-state index is 0.123. The van der Waals surface area contributed by atoms with Gasteiger partial charge in [0.1, 0.15) is 29.6 Å². The zero-order chi connectivity index (χ0) is 30.3. The number of hydrogen-bond donors (Lipinski definition) is 3. The quantitative estimate of drug-likeness (QED) is 0.126. The van der Waals surface area contributed by atoms with Crippen molar-refractivity contribution in [2.24, 2.45) is 0 Å². The smallest absolute Gasteiger partial charge is 0.336 e. The first-order valence-corrected chi connectivity index (χ1v) is 13.2. The summed E-state index contributed by atoms with van der Waals surface area (Å²) in [7, 11) is 1.61. The molecule has 0 unspecified atom stereocenters. The van der Waals surface area contributed by atoms with Crippen LogP contribution in [0.5, 0.6) is 11.5 Å². The molecule has 3 N–H and O–H groups in total. The van der Waals surface area contributed by atoms with E-state index in [1.807, 2.05) is 53.2 Å². The van der Waals surface area contributed by atoms with Crippen LogP contribution in [0.4, 0.5) is 10.2 Å². The van der Waals surface area contributed by atoms with Gasteiger partial charge in [0, 0.05) is 23.9 Å². The highest BCUT2D eigenvalue weighted by Gasteiger charge is 2.17. The van der Waals surface area contributed by atoms with E-state index >= 15 is 0 Å². The Kier molecular flexibility index (Phi) is 8.77. The van der Waals surface area contributed by atoms with Crippen molar-refractivity contribution in [3.05, 3.63) is 96.2 Å². The molecular weight excluding hydrogens is 559 g/mol. The van der Waals surface area contributed by atoms with Gasteiger partial charge in [0.25, 0.3) is 0 Å².